The third-order valence-electron chi connectivity index (χ3n) is 4.96. The third kappa shape index (κ3) is 4.11. The molecule has 1 aliphatic rings. The maximum absolute atomic E-state index is 13.4. The SMILES string of the molecule is CCOc1ccc(NC2=C(c3cccs3)C(=O)N(c3ccc(C)cc3)C2=O)cc1OCC. The van der Waals surface area contributed by atoms with E-state index >= 15 is 0 Å². The Morgan fingerprint density at radius 3 is 2.28 bits per heavy atom. The van der Waals surface area contributed by atoms with Gasteiger partial charge in [-0.15, -0.1) is 11.3 Å². The maximum Gasteiger partial charge on any atom is 0.282 e. The summed E-state index contributed by atoms with van der Waals surface area (Å²) in [4.78, 5) is 28.8. The first-order valence-corrected chi connectivity index (χ1v) is 11.3. The van der Waals surface area contributed by atoms with Gasteiger partial charge in [0.05, 0.1) is 24.5 Å². The third-order valence-corrected chi connectivity index (χ3v) is 5.84. The zero-order valence-electron chi connectivity index (χ0n) is 18.2. The average molecular weight is 449 g/mol. The zero-order valence-corrected chi connectivity index (χ0v) is 19.0. The Bertz CT molecular complexity index is 1170. The number of nitrogens with zero attached hydrogens (tertiary/aromatic N) is 1. The van der Waals surface area contributed by atoms with Crippen molar-refractivity contribution in [3.8, 4) is 11.5 Å². The molecule has 0 aliphatic carbocycles. The second-order valence-corrected chi connectivity index (χ2v) is 8.11. The predicted octanol–water partition coefficient (Wildman–Crippen LogP) is 5.25. The van der Waals surface area contributed by atoms with Crippen LogP contribution < -0.4 is 19.7 Å². The van der Waals surface area contributed by atoms with Gasteiger partial charge in [0.15, 0.2) is 11.5 Å². The van der Waals surface area contributed by atoms with Crippen molar-refractivity contribution < 1.29 is 19.1 Å². The minimum absolute atomic E-state index is 0.240. The van der Waals surface area contributed by atoms with Gasteiger partial charge in [-0.25, -0.2) is 4.90 Å². The number of aryl methyl sites for hydroxylation is 1. The van der Waals surface area contributed by atoms with Gasteiger partial charge in [-0.2, -0.15) is 0 Å². The highest BCUT2D eigenvalue weighted by Crippen LogP contribution is 2.37. The first kappa shape index (κ1) is 21.6. The number of amides is 2. The highest BCUT2D eigenvalue weighted by Gasteiger charge is 2.40. The molecule has 3 aromatic rings. The van der Waals surface area contributed by atoms with Gasteiger partial charge < -0.3 is 14.8 Å². The molecule has 2 aromatic carbocycles. The summed E-state index contributed by atoms with van der Waals surface area (Å²) in [5.41, 5.74) is 2.82. The molecule has 0 bridgehead atoms. The molecule has 1 N–H and O–H groups in total. The van der Waals surface area contributed by atoms with Crippen molar-refractivity contribution in [2.24, 2.45) is 0 Å². The van der Waals surface area contributed by atoms with Crippen LogP contribution in [0, 0.1) is 6.92 Å². The molecule has 4 rings (SSSR count). The lowest BCUT2D eigenvalue weighted by molar-refractivity contribution is -0.120. The molecule has 0 unspecified atom stereocenters. The average Bonchev–Trinajstić information content (AvgIpc) is 3.38. The summed E-state index contributed by atoms with van der Waals surface area (Å²) in [6, 6.07) is 16.4. The lowest BCUT2D eigenvalue weighted by Crippen LogP contribution is -2.32. The van der Waals surface area contributed by atoms with Crippen LogP contribution in [0.15, 0.2) is 65.7 Å². The van der Waals surface area contributed by atoms with Gasteiger partial charge in [-0.3, -0.25) is 9.59 Å². The zero-order chi connectivity index (χ0) is 22.7. The molecule has 2 heterocycles. The van der Waals surface area contributed by atoms with Crippen LogP contribution in [0.3, 0.4) is 0 Å². The van der Waals surface area contributed by atoms with E-state index in [1.165, 1.54) is 16.2 Å². The molecule has 164 valence electrons. The van der Waals surface area contributed by atoms with Crippen LogP contribution >= 0.6 is 11.3 Å². The summed E-state index contributed by atoms with van der Waals surface area (Å²) in [6.45, 7) is 6.75. The molecule has 0 radical (unpaired) electrons. The fourth-order valence-electron chi connectivity index (χ4n) is 3.50. The fourth-order valence-corrected chi connectivity index (χ4v) is 4.26. The first-order chi connectivity index (χ1) is 15.5. The minimum atomic E-state index is -0.394. The number of ether oxygens (including phenoxy) is 2. The van der Waals surface area contributed by atoms with E-state index in [1.807, 2.05) is 50.4 Å². The molecule has 0 atom stereocenters. The van der Waals surface area contributed by atoms with Gasteiger partial charge in [0, 0.05) is 16.6 Å². The molecule has 0 spiro atoms. The summed E-state index contributed by atoms with van der Waals surface area (Å²) in [5.74, 6) is 0.459. The Kier molecular flexibility index (Phi) is 6.28. The Hall–Kier alpha value is -3.58. The summed E-state index contributed by atoms with van der Waals surface area (Å²) in [7, 11) is 0. The van der Waals surface area contributed by atoms with E-state index < -0.39 is 5.91 Å². The smallest absolute Gasteiger partial charge is 0.282 e. The standard InChI is InChI=1S/C25H24N2O4S/c1-4-30-19-13-10-17(15-20(19)31-5-2)26-23-22(21-7-6-14-32-21)24(28)27(25(23)29)18-11-8-16(3)9-12-18/h6-15,26H,4-5H2,1-3H3. The summed E-state index contributed by atoms with van der Waals surface area (Å²) >= 11 is 1.42. The number of rotatable bonds is 8. The van der Waals surface area contributed by atoms with Crippen molar-refractivity contribution in [1.29, 1.82) is 0 Å². The molecule has 6 nitrogen and oxygen atoms in total. The summed E-state index contributed by atoms with van der Waals surface area (Å²) in [6.07, 6.45) is 0. The Balaban J connectivity index is 1.74. The molecular formula is C25H24N2O4S. The van der Waals surface area contributed by atoms with Crippen LogP contribution in [-0.4, -0.2) is 25.0 Å². The van der Waals surface area contributed by atoms with E-state index in [0.29, 0.717) is 41.7 Å². The molecule has 1 aromatic heterocycles. The Morgan fingerprint density at radius 1 is 0.906 bits per heavy atom. The number of thiophene rings is 1. The lowest BCUT2D eigenvalue weighted by atomic mass is 10.1. The second-order valence-electron chi connectivity index (χ2n) is 7.16. The van der Waals surface area contributed by atoms with Crippen LogP contribution in [0.4, 0.5) is 11.4 Å². The number of hydrogen-bond donors (Lipinski definition) is 1. The highest BCUT2D eigenvalue weighted by atomic mass is 32.1. The fraction of sp³-hybridized carbons (Fsp3) is 0.200. The van der Waals surface area contributed by atoms with Crippen LogP contribution in [0.25, 0.3) is 5.57 Å². The first-order valence-electron chi connectivity index (χ1n) is 10.4. The maximum atomic E-state index is 13.4. The molecule has 32 heavy (non-hydrogen) atoms. The lowest BCUT2D eigenvalue weighted by Gasteiger charge is -2.16. The summed E-state index contributed by atoms with van der Waals surface area (Å²) < 4.78 is 11.3. The molecule has 0 saturated carbocycles. The van der Waals surface area contributed by atoms with Crippen molar-refractivity contribution >= 4 is 40.1 Å². The molecule has 0 saturated heterocycles. The summed E-state index contributed by atoms with van der Waals surface area (Å²) in [5, 5.41) is 5.06. The number of nitrogens with one attached hydrogen (secondary N) is 1. The van der Waals surface area contributed by atoms with Crippen molar-refractivity contribution in [3.63, 3.8) is 0 Å². The van der Waals surface area contributed by atoms with E-state index in [0.717, 1.165) is 10.4 Å². The quantitative estimate of drug-likeness (QED) is 0.477. The molecular weight excluding hydrogens is 424 g/mol. The second kappa shape index (κ2) is 9.28. The normalized spacial score (nSPS) is 13.7. The number of carbonyl (C=O) groups is 2. The number of imide groups is 1. The van der Waals surface area contributed by atoms with Crippen molar-refractivity contribution in [3.05, 3.63) is 76.1 Å². The van der Waals surface area contributed by atoms with Gasteiger partial charge in [0.2, 0.25) is 0 Å². The largest absolute Gasteiger partial charge is 0.490 e. The molecule has 1 aliphatic heterocycles. The van der Waals surface area contributed by atoms with E-state index in [4.69, 9.17) is 9.47 Å². The monoisotopic (exact) mass is 448 g/mol. The molecule has 7 heteroatoms. The van der Waals surface area contributed by atoms with E-state index in [9.17, 15) is 9.59 Å². The van der Waals surface area contributed by atoms with Gasteiger partial charge in [0.25, 0.3) is 11.8 Å². The van der Waals surface area contributed by atoms with Gasteiger partial charge >= 0.3 is 0 Å². The molecule has 0 fully saturated rings. The van der Waals surface area contributed by atoms with Gasteiger partial charge in [-0.05, 0) is 56.5 Å². The predicted molar refractivity (Wildman–Crippen MR) is 127 cm³/mol. The van der Waals surface area contributed by atoms with Crippen LogP contribution in [0.1, 0.15) is 24.3 Å². The number of anilines is 2. The molecule has 2 amide bonds. The van der Waals surface area contributed by atoms with E-state index in [-0.39, 0.29) is 11.6 Å². The Labute approximate surface area is 191 Å². The van der Waals surface area contributed by atoms with Crippen molar-refractivity contribution in [2.45, 2.75) is 20.8 Å². The number of benzene rings is 2. The van der Waals surface area contributed by atoms with Crippen molar-refractivity contribution in [2.75, 3.05) is 23.4 Å². The van der Waals surface area contributed by atoms with Crippen LogP contribution in [0.5, 0.6) is 11.5 Å². The van der Waals surface area contributed by atoms with Gasteiger partial charge in [0.1, 0.15) is 5.70 Å². The number of hydrogen-bond acceptors (Lipinski definition) is 6. The van der Waals surface area contributed by atoms with Gasteiger partial charge in [-0.1, -0.05) is 23.8 Å². The van der Waals surface area contributed by atoms with E-state index in [1.54, 1.807) is 30.3 Å². The topological polar surface area (TPSA) is 67.9 Å². The van der Waals surface area contributed by atoms with Crippen LogP contribution in [0.2, 0.25) is 0 Å². The highest BCUT2D eigenvalue weighted by molar-refractivity contribution is 7.11. The van der Waals surface area contributed by atoms with E-state index in [2.05, 4.69) is 5.32 Å². The number of carbonyl (C=O) groups excluding carboxylic acids is 2. The van der Waals surface area contributed by atoms with Crippen molar-refractivity contribution in [1.82, 2.24) is 0 Å². The Morgan fingerprint density at radius 2 is 1.62 bits per heavy atom. The van der Waals surface area contributed by atoms with Crippen LogP contribution in [-0.2, 0) is 9.59 Å². The minimum Gasteiger partial charge on any atom is -0.490 e.